The van der Waals surface area contributed by atoms with E-state index in [0.29, 0.717) is 11.4 Å². The molecule has 1 aromatic carbocycles. The summed E-state index contributed by atoms with van der Waals surface area (Å²) in [6, 6.07) is 4.18. The van der Waals surface area contributed by atoms with E-state index >= 15 is 0 Å². The molecule has 0 aromatic heterocycles. The molecule has 88 valence electrons. The van der Waals surface area contributed by atoms with Crippen LogP contribution in [0, 0.1) is 11.2 Å². The molecular formula is C12H15ClFNO. The molecule has 0 atom stereocenters. The molecule has 0 aliphatic heterocycles. The van der Waals surface area contributed by atoms with E-state index in [1.165, 1.54) is 12.1 Å². The van der Waals surface area contributed by atoms with Gasteiger partial charge in [0.05, 0.1) is 5.69 Å². The second-order valence-electron chi connectivity index (χ2n) is 4.32. The van der Waals surface area contributed by atoms with Crippen LogP contribution in [0.4, 0.5) is 10.1 Å². The first kappa shape index (κ1) is 13.0. The zero-order chi connectivity index (χ0) is 12.3. The Hall–Kier alpha value is -1.09. The van der Waals surface area contributed by atoms with E-state index in [0.717, 1.165) is 0 Å². The maximum absolute atomic E-state index is 13.4. The van der Waals surface area contributed by atoms with Gasteiger partial charge in [-0.3, -0.25) is 4.79 Å². The van der Waals surface area contributed by atoms with Crippen molar-refractivity contribution >= 4 is 23.2 Å². The molecule has 0 aliphatic rings. The average molecular weight is 244 g/mol. The zero-order valence-corrected chi connectivity index (χ0v) is 10.4. The minimum Gasteiger partial charge on any atom is -0.323 e. The van der Waals surface area contributed by atoms with Gasteiger partial charge in [-0.15, -0.1) is 0 Å². The SMILES string of the molecule is CCC(C)(C)C(=O)Nc1ccc(Cl)cc1F. The summed E-state index contributed by atoms with van der Waals surface area (Å²) in [4.78, 5) is 11.8. The van der Waals surface area contributed by atoms with Gasteiger partial charge in [0.1, 0.15) is 5.82 Å². The van der Waals surface area contributed by atoms with Crippen LogP contribution in [-0.4, -0.2) is 5.91 Å². The van der Waals surface area contributed by atoms with Gasteiger partial charge in [-0.1, -0.05) is 32.4 Å². The van der Waals surface area contributed by atoms with Crippen LogP contribution in [0.2, 0.25) is 5.02 Å². The van der Waals surface area contributed by atoms with Crippen LogP contribution in [0.1, 0.15) is 27.2 Å². The largest absolute Gasteiger partial charge is 0.323 e. The van der Waals surface area contributed by atoms with Crippen molar-refractivity contribution in [2.45, 2.75) is 27.2 Å². The van der Waals surface area contributed by atoms with E-state index in [9.17, 15) is 9.18 Å². The average Bonchev–Trinajstić information content (AvgIpc) is 2.22. The number of carbonyl (C=O) groups excluding carboxylic acids is 1. The number of halogens is 2. The summed E-state index contributed by atoms with van der Waals surface area (Å²) < 4.78 is 13.4. The standard InChI is InChI=1S/C12H15ClFNO/c1-4-12(2,3)11(16)15-10-6-5-8(13)7-9(10)14/h5-7H,4H2,1-3H3,(H,15,16). The predicted octanol–water partition coefficient (Wildman–Crippen LogP) is 3.85. The van der Waals surface area contributed by atoms with Crippen molar-refractivity contribution in [3.05, 3.63) is 29.0 Å². The second-order valence-corrected chi connectivity index (χ2v) is 4.75. The molecule has 0 saturated carbocycles. The lowest BCUT2D eigenvalue weighted by Crippen LogP contribution is -2.30. The molecule has 0 saturated heterocycles. The molecule has 1 amide bonds. The van der Waals surface area contributed by atoms with Gasteiger partial charge in [0, 0.05) is 10.4 Å². The molecule has 16 heavy (non-hydrogen) atoms. The van der Waals surface area contributed by atoms with Crippen LogP contribution in [-0.2, 0) is 4.79 Å². The first-order valence-corrected chi connectivity index (χ1v) is 5.51. The lowest BCUT2D eigenvalue weighted by atomic mass is 9.89. The molecule has 0 bridgehead atoms. The predicted molar refractivity (Wildman–Crippen MR) is 64.1 cm³/mol. The number of hydrogen-bond acceptors (Lipinski definition) is 1. The first-order chi connectivity index (χ1) is 7.36. The summed E-state index contributed by atoms with van der Waals surface area (Å²) >= 11 is 5.62. The Morgan fingerprint density at radius 2 is 2.12 bits per heavy atom. The van der Waals surface area contributed by atoms with E-state index in [1.54, 1.807) is 6.07 Å². The van der Waals surface area contributed by atoms with Crippen molar-refractivity contribution in [1.29, 1.82) is 0 Å². The molecule has 0 spiro atoms. The molecule has 4 heteroatoms. The topological polar surface area (TPSA) is 29.1 Å². The van der Waals surface area contributed by atoms with Crippen molar-refractivity contribution in [2.24, 2.45) is 5.41 Å². The summed E-state index contributed by atoms with van der Waals surface area (Å²) in [5.41, 5.74) is -0.345. The summed E-state index contributed by atoms with van der Waals surface area (Å²) in [6.45, 7) is 5.55. The van der Waals surface area contributed by atoms with Crippen molar-refractivity contribution in [1.82, 2.24) is 0 Å². The fourth-order valence-corrected chi connectivity index (χ4v) is 1.20. The monoisotopic (exact) mass is 243 g/mol. The van der Waals surface area contributed by atoms with Crippen LogP contribution in [0.25, 0.3) is 0 Å². The molecule has 0 fully saturated rings. The quantitative estimate of drug-likeness (QED) is 0.858. The van der Waals surface area contributed by atoms with Crippen LogP contribution in [0.3, 0.4) is 0 Å². The van der Waals surface area contributed by atoms with Gasteiger partial charge in [-0.25, -0.2) is 4.39 Å². The smallest absolute Gasteiger partial charge is 0.230 e. The van der Waals surface area contributed by atoms with Gasteiger partial charge in [0.15, 0.2) is 0 Å². The lowest BCUT2D eigenvalue weighted by molar-refractivity contribution is -0.124. The highest BCUT2D eigenvalue weighted by atomic mass is 35.5. The normalized spacial score (nSPS) is 11.3. The van der Waals surface area contributed by atoms with Crippen LogP contribution < -0.4 is 5.32 Å². The van der Waals surface area contributed by atoms with Crippen LogP contribution in [0.15, 0.2) is 18.2 Å². The summed E-state index contributed by atoms with van der Waals surface area (Å²) in [6.07, 6.45) is 0.689. The van der Waals surface area contributed by atoms with Crippen molar-refractivity contribution < 1.29 is 9.18 Å². The Labute approximate surface area is 99.8 Å². The fourth-order valence-electron chi connectivity index (χ4n) is 1.04. The van der Waals surface area contributed by atoms with Crippen molar-refractivity contribution in [3.63, 3.8) is 0 Å². The molecular weight excluding hydrogens is 229 g/mol. The van der Waals surface area contributed by atoms with E-state index in [4.69, 9.17) is 11.6 Å². The molecule has 0 aliphatic carbocycles. The zero-order valence-electron chi connectivity index (χ0n) is 9.60. The highest BCUT2D eigenvalue weighted by Crippen LogP contribution is 2.24. The van der Waals surface area contributed by atoms with Crippen molar-refractivity contribution in [2.75, 3.05) is 5.32 Å². The van der Waals surface area contributed by atoms with Gasteiger partial charge >= 0.3 is 0 Å². The summed E-state index contributed by atoms with van der Waals surface area (Å²) in [7, 11) is 0. The third-order valence-electron chi connectivity index (χ3n) is 2.68. The van der Waals surface area contributed by atoms with E-state index in [2.05, 4.69) is 5.32 Å². The number of carbonyl (C=O) groups is 1. The van der Waals surface area contributed by atoms with Gasteiger partial charge < -0.3 is 5.32 Å². The van der Waals surface area contributed by atoms with Gasteiger partial charge in [0.2, 0.25) is 5.91 Å². The van der Waals surface area contributed by atoms with Gasteiger partial charge in [-0.2, -0.15) is 0 Å². The lowest BCUT2D eigenvalue weighted by Gasteiger charge is -2.21. The third-order valence-corrected chi connectivity index (χ3v) is 2.91. The Morgan fingerprint density at radius 1 is 1.50 bits per heavy atom. The highest BCUT2D eigenvalue weighted by molar-refractivity contribution is 6.30. The molecule has 0 heterocycles. The molecule has 1 N–H and O–H groups in total. The maximum atomic E-state index is 13.4. The number of benzene rings is 1. The number of anilines is 1. The van der Waals surface area contributed by atoms with E-state index in [1.807, 2.05) is 20.8 Å². The Balaban J connectivity index is 2.85. The number of rotatable bonds is 3. The van der Waals surface area contributed by atoms with Crippen LogP contribution >= 0.6 is 11.6 Å². The van der Waals surface area contributed by atoms with E-state index in [-0.39, 0.29) is 11.6 Å². The molecule has 0 unspecified atom stereocenters. The molecule has 1 aromatic rings. The molecule has 2 nitrogen and oxygen atoms in total. The van der Waals surface area contributed by atoms with Crippen molar-refractivity contribution in [3.8, 4) is 0 Å². The Morgan fingerprint density at radius 3 is 2.62 bits per heavy atom. The van der Waals surface area contributed by atoms with Gasteiger partial charge in [-0.05, 0) is 24.6 Å². The molecule has 1 rings (SSSR count). The Kier molecular flexibility index (Phi) is 3.92. The summed E-state index contributed by atoms with van der Waals surface area (Å²) in [5.74, 6) is -0.719. The minimum atomic E-state index is -0.521. The van der Waals surface area contributed by atoms with Crippen LogP contribution in [0.5, 0.6) is 0 Å². The number of nitrogens with one attached hydrogen (secondary N) is 1. The third kappa shape index (κ3) is 2.95. The number of amides is 1. The number of hydrogen-bond donors (Lipinski definition) is 1. The minimum absolute atomic E-state index is 0.163. The second kappa shape index (κ2) is 4.83. The maximum Gasteiger partial charge on any atom is 0.230 e. The fraction of sp³-hybridized carbons (Fsp3) is 0.417. The highest BCUT2D eigenvalue weighted by Gasteiger charge is 2.25. The van der Waals surface area contributed by atoms with E-state index < -0.39 is 11.2 Å². The van der Waals surface area contributed by atoms with Gasteiger partial charge in [0.25, 0.3) is 0 Å². The Bertz CT molecular complexity index is 404. The first-order valence-electron chi connectivity index (χ1n) is 5.13. The molecule has 0 radical (unpaired) electrons. The summed E-state index contributed by atoms with van der Waals surface area (Å²) in [5, 5.41) is 2.87.